The second kappa shape index (κ2) is 6.18. The highest BCUT2D eigenvalue weighted by Crippen LogP contribution is 2.29. The first-order valence-corrected chi connectivity index (χ1v) is 5.90. The highest BCUT2D eigenvalue weighted by Gasteiger charge is 2.11. The Morgan fingerprint density at radius 3 is 2.55 bits per heavy atom. The topological polar surface area (TPSA) is 43.4 Å². The van der Waals surface area contributed by atoms with Crippen molar-refractivity contribution in [2.24, 2.45) is 0 Å². The number of rotatable bonds is 5. The largest absolute Gasteiger partial charge is 0.493 e. The van der Waals surface area contributed by atoms with Gasteiger partial charge in [-0.25, -0.2) is 8.78 Å². The number of hydrogen-bond acceptors (Lipinski definition) is 4. The average Bonchev–Trinajstić information content (AvgIpc) is 2.47. The van der Waals surface area contributed by atoms with Crippen molar-refractivity contribution in [2.75, 3.05) is 19.5 Å². The van der Waals surface area contributed by atoms with Crippen molar-refractivity contribution < 1.29 is 18.3 Å². The van der Waals surface area contributed by atoms with Crippen LogP contribution in [0.3, 0.4) is 0 Å². The van der Waals surface area contributed by atoms with Crippen LogP contribution in [-0.4, -0.2) is 19.2 Å². The van der Waals surface area contributed by atoms with Crippen LogP contribution in [-0.2, 0) is 6.54 Å². The second-order valence-electron chi connectivity index (χ2n) is 3.98. The molecule has 0 saturated carbocycles. The zero-order valence-electron chi connectivity index (χ0n) is 11.1. The van der Waals surface area contributed by atoms with Crippen LogP contribution in [0.5, 0.6) is 11.5 Å². The van der Waals surface area contributed by atoms with Crippen LogP contribution in [0.15, 0.2) is 30.5 Å². The average molecular weight is 280 g/mol. The van der Waals surface area contributed by atoms with Gasteiger partial charge in [-0.05, 0) is 12.1 Å². The molecule has 6 heteroatoms. The summed E-state index contributed by atoms with van der Waals surface area (Å²) in [5.41, 5.74) is 1.06. The van der Waals surface area contributed by atoms with Gasteiger partial charge in [0.05, 0.1) is 20.8 Å². The molecule has 0 atom stereocenters. The fourth-order valence-electron chi connectivity index (χ4n) is 1.77. The van der Waals surface area contributed by atoms with E-state index < -0.39 is 11.6 Å². The standard InChI is InChI=1S/C14H14F2N2O2/c1-19-13-5-6-17-12(14(13)20-2)8-18-9-3-4-10(15)11(16)7-9/h3-7,18H,8H2,1-2H3. The molecule has 2 rings (SSSR count). The fourth-order valence-corrected chi connectivity index (χ4v) is 1.77. The molecule has 1 N–H and O–H groups in total. The van der Waals surface area contributed by atoms with E-state index in [1.54, 1.807) is 12.3 Å². The SMILES string of the molecule is COc1ccnc(CNc2ccc(F)c(F)c2)c1OC. The summed E-state index contributed by atoms with van der Waals surface area (Å²) in [6, 6.07) is 5.28. The Hall–Kier alpha value is -2.37. The van der Waals surface area contributed by atoms with Crippen LogP contribution in [0.1, 0.15) is 5.69 Å². The second-order valence-corrected chi connectivity index (χ2v) is 3.98. The molecule has 0 amide bonds. The van der Waals surface area contributed by atoms with Gasteiger partial charge in [0, 0.05) is 24.0 Å². The first-order chi connectivity index (χ1) is 9.65. The van der Waals surface area contributed by atoms with Crippen molar-refractivity contribution in [1.29, 1.82) is 0 Å². The summed E-state index contributed by atoms with van der Waals surface area (Å²) in [6.07, 6.45) is 1.59. The van der Waals surface area contributed by atoms with E-state index in [1.165, 1.54) is 20.3 Å². The van der Waals surface area contributed by atoms with Crippen LogP contribution >= 0.6 is 0 Å². The summed E-state index contributed by atoms with van der Waals surface area (Å²) < 4.78 is 36.3. The number of hydrogen-bond donors (Lipinski definition) is 1. The summed E-state index contributed by atoms with van der Waals surface area (Å²) in [5.74, 6) is -0.720. The number of methoxy groups -OCH3 is 2. The summed E-state index contributed by atoms with van der Waals surface area (Å²) >= 11 is 0. The molecule has 106 valence electrons. The van der Waals surface area contributed by atoms with E-state index in [4.69, 9.17) is 9.47 Å². The Morgan fingerprint density at radius 1 is 1.10 bits per heavy atom. The first kappa shape index (κ1) is 14.0. The molecule has 0 aliphatic carbocycles. The van der Waals surface area contributed by atoms with Gasteiger partial charge in [-0.1, -0.05) is 0 Å². The van der Waals surface area contributed by atoms with Crippen LogP contribution in [0, 0.1) is 11.6 Å². The summed E-state index contributed by atoms with van der Waals surface area (Å²) in [6.45, 7) is 0.297. The number of ether oxygens (including phenoxy) is 2. The number of anilines is 1. The molecule has 0 aliphatic rings. The Bertz CT molecular complexity index is 606. The van der Waals surface area contributed by atoms with Crippen molar-refractivity contribution in [2.45, 2.75) is 6.54 Å². The predicted molar refractivity (Wildman–Crippen MR) is 71.0 cm³/mol. The number of nitrogens with zero attached hydrogens (tertiary/aromatic N) is 1. The molecule has 0 aliphatic heterocycles. The monoisotopic (exact) mass is 280 g/mol. The number of halogens is 2. The van der Waals surface area contributed by atoms with Gasteiger partial charge in [-0.2, -0.15) is 0 Å². The van der Waals surface area contributed by atoms with Crippen molar-refractivity contribution >= 4 is 5.69 Å². The van der Waals surface area contributed by atoms with E-state index in [0.29, 0.717) is 29.4 Å². The minimum Gasteiger partial charge on any atom is -0.493 e. The van der Waals surface area contributed by atoms with Gasteiger partial charge in [0.15, 0.2) is 23.1 Å². The first-order valence-electron chi connectivity index (χ1n) is 5.90. The minimum atomic E-state index is -0.902. The fraction of sp³-hybridized carbons (Fsp3) is 0.214. The maximum Gasteiger partial charge on any atom is 0.184 e. The zero-order valence-corrected chi connectivity index (χ0v) is 11.1. The lowest BCUT2D eigenvalue weighted by Gasteiger charge is -2.12. The van der Waals surface area contributed by atoms with Gasteiger partial charge in [0.2, 0.25) is 0 Å². The highest BCUT2D eigenvalue weighted by atomic mass is 19.2. The van der Waals surface area contributed by atoms with Gasteiger partial charge in [0.25, 0.3) is 0 Å². The van der Waals surface area contributed by atoms with Crippen LogP contribution in [0.2, 0.25) is 0 Å². The van der Waals surface area contributed by atoms with Crippen LogP contribution < -0.4 is 14.8 Å². The summed E-state index contributed by atoms with van der Waals surface area (Å²) in [4.78, 5) is 4.18. The Labute approximate surface area is 115 Å². The lowest BCUT2D eigenvalue weighted by atomic mass is 10.2. The van der Waals surface area contributed by atoms with E-state index in [9.17, 15) is 8.78 Å². The normalized spacial score (nSPS) is 10.2. The maximum atomic E-state index is 13.1. The molecular formula is C14H14F2N2O2. The van der Waals surface area contributed by atoms with Gasteiger partial charge in [-0.15, -0.1) is 0 Å². The molecule has 0 saturated heterocycles. The van der Waals surface area contributed by atoms with Gasteiger partial charge in [0.1, 0.15) is 5.69 Å². The predicted octanol–water partition coefficient (Wildman–Crippen LogP) is 2.99. The summed E-state index contributed by atoms with van der Waals surface area (Å²) in [5, 5.41) is 2.95. The van der Waals surface area contributed by atoms with Gasteiger partial charge < -0.3 is 14.8 Å². The molecule has 0 fully saturated rings. The van der Waals surface area contributed by atoms with E-state index in [-0.39, 0.29) is 0 Å². The smallest absolute Gasteiger partial charge is 0.184 e. The third-order valence-corrected chi connectivity index (χ3v) is 2.75. The Morgan fingerprint density at radius 2 is 1.90 bits per heavy atom. The Kier molecular flexibility index (Phi) is 4.34. The molecule has 0 bridgehead atoms. The zero-order chi connectivity index (χ0) is 14.5. The number of benzene rings is 1. The van der Waals surface area contributed by atoms with Crippen LogP contribution in [0.25, 0.3) is 0 Å². The molecule has 0 spiro atoms. The molecular weight excluding hydrogens is 266 g/mol. The van der Waals surface area contributed by atoms with Crippen molar-refractivity contribution in [3.63, 3.8) is 0 Å². The van der Waals surface area contributed by atoms with E-state index in [1.807, 2.05) is 0 Å². The van der Waals surface area contributed by atoms with Gasteiger partial charge >= 0.3 is 0 Å². The molecule has 4 nitrogen and oxygen atoms in total. The summed E-state index contributed by atoms with van der Waals surface area (Å²) in [7, 11) is 3.05. The number of pyridine rings is 1. The van der Waals surface area contributed by atoms with Gasteiger partial charge in [-0.3, -0.25) is 4.98 Å². The Balaban J connectivity index is 2.16. The molecule has 1 aromatic heterocycles. The molecule has 2 aromatic rings. The lowest BCUT2D eigenvalue weighted by molar-refractivity contribution is 0.350. The number of aromatic nitrogens is 1. The molecule has 20 heavy (non-hydrogen) atoms. The lowest BCUT2D eigenvalue weighted by Crippen LogP contribution is -2.05. The van der Waals surface area contributed by atoms with Crippen molar-refractivity contribution in [1.82, 2.24) is 4.98 Å². The van der Waals surface area contributed by atoms with E-state index in [0.717, 1.165) is 12.1 Å². The van der Waals surface area contributed by atoms with E-state index >= 15 is 0 Å². The third kappa shape index (κ3) is 2.96. The molecule has 0 unspecified atom stereocenters. The third-order valence-electron chi connectivity index (χ3n) is 2.75. The maximum absolute atomic E-state index is 13.1. The highest BCUT2D eigenvalue weighted by molar-refractivity contribution is 5.47. The van der Waals surface area contributed by atoms with Crippen molar-refractivity contribution in [3.05, 3.63) is 47.8 Å². The molecule has 1 heterocycles. The number of nitrogens with one attached hydrogen (secondary N) is 1. The minimum absolute atomic E-state index is 0.297. The van der Waals surface area contributed by atoms with Crippen LogP contribution in [0.4, 0.5) is 14.5 Å². The van der Waals surface area contributed by atoms with E-state index in [2.05, 4.69) is 10.3 Å². The molecule has 1 aromatic carbocycles. The molecule has 0 radical (unpaired) electrons. The quantitative estimate of drug-likeness (QED) is 0.914. The van der Waals surface area contributed by atoms with Crippen molar-refractivity contribution in [3.8, 4) is 11.5 Å².